The number of carbonyl (C=O) groups excluding carboxylic acids is 1. The minimum Gasteiger partial charge on any atom is -0.294 e. The van der Waals surface area contributed by atoms with E-state index < -0.39 is 0 Å². The topological polar surface area (TPSA) is 30.0 Å². The number of fused-ring (bicyclic) bond motifs is 1. The molecule has 0 spiro atoms. The summed E-state index contributed by atoms with van der Waals surface area (Å²) in [5.74, 6) is 0.219. The molecule has 0 saturated carbocycles. The Hall–Kier alpha value is -1.22. The fraction of sp³-hybridized carbons (Fsp3) is 0.385. The van der Waals surface area contributed by atoms with Crippen molar-refractivity contribution in [3.05, 3.63) is 29.3 Å². The molecule has 0 saturated heterocycles. The van der Waals surface area contributed by atoms with E-state index in [0.29, 0.717) is 6.42 Å². The number of aromatic nitrogens is 1. The van der Waals surface area contributed by atoms with E-state index in [1.165, 1.54) is 0 Å². The number of thiophene rings is 1. The number of hydrogen-bond donors (Lipinski definition) is 0. The van der Waals surface area contributed by atoms with Crippen LogP contribution in [0.4, 0.5) is 0 Å². The lowest BCUT2D eigenvalue weighted by Gasteiger charge is -2.00. The molecule has 2 heterocycles. The third-order valence-electron chi connectivity index (χ3n) is 2.63. The Bertz CT molecular complexity index is 489. The first-order valence-corrected chi connectivity index (χ1v) is 6.55. The van der Waals surface area contributed by atoms with Crippen molar-refractivity contribution in [2.75, 3.05) is 0 Å². The molecule has 0 aliphatic heterocycles. The summed E-state index contributed by atoms with van der Waals surface area (Å²) in [6.45, 7) is 2.14. The van der Waals surface area contributed by atoms with Crippen LogP contribution in [0.5, 0.6) is 0 Å². The van der Waals surface area contributed by atoms with Gasteiger partial charge in [0.05, 0.1) is 10.2 Å². The zero-order chi connectivity index (χ0) is 11.4. The Kier molecular flexibility index (Phi) is 3.67. The Labute approximate surface area is 99.3 Å². The molecular weight excluding hydrogens is 218 g/mol. The van der Waals surface area contributed by atoms with E-state index in [2.05, 4.69) is 11.9 Å². The van der Waals surface area contributed by atoms with Gasteiger partial charge in [-0.1, -0.05) is 19.8 Å². The third kappa shape index (κ3) is 2.47. The third-order valence-corrected chi connectivity index (χ3v) is 3.49. The second kappa shape index (κ2) is 5.21. The highest BCUT2D eigenvalue weighted by atomic mass is 32.1. The predicted octanol–water partition coefficient (Wildman–Crippen LogP) is 4.06. The van der Waals surface area contributed by atoms with Crippen molar-refractivity contribution in [1.82, 2.24) is 4.98 Å². The first-order valence-electron chi connectivity index (χ1n) is 5.67. The number of nitrogens with zero attached hydrogens (tertiary/aromatic N) is 1. The first-order chi connectivity index (χ1) is 7.81. The lowest BCUT2D eigenvalue weighted by molar-refractivity contribution is 0.0979. The Morgan fingerprint density at radius 2 is 2.31 bits per heavy atom. The minimum absolute atomic E-state index is 0.219. The number of Topliss-reactive ketones (excluding diaryl/α,β-unsaturated/α-hetero) is 1. The number of ketones is 1. The molecule has 3 heteroatoms. The van der Waals surface area contributed by atoms with Crippen LogP contribution in [-0.2, 0) is 0 Å². The maximum Gasteiger partial charge on any atom is 0.164 e. The molecule has 16 heavy (non-hydrogen) atoms. The van der Waals surface area contributed by atoms with Crippen molar-refractivity contribution in [1.29, 1.82) is 0 Å². The van der Waals surface area contributed by atoms with Crippen LogP contribution < -0.4 is 0 Å². The van der Waals surface area contributed by atoms with Crippen LogP contribution in [0.25, 0.3) is 10.2 Å². The summed E-state index contributed by atoms with van der Waals surface area (Å²) < 4.78 is 1.10. The van der Waals surface area contributed by atoms with Gasteiger partial charge in [0.1, 0.15) is 0 Å². The normalized spacial score (nSPS) is 10.8. The Morgan fingerprint density at radius 1 is 1.44 bits per heavy atom. The predicted molar refractivity (Wildman–Crippen MR) is 68.1 cm³/mol. The molecule has 2 rings (SSSR count). The summed E-state index contributed by atoms with van der Waals surface area (Å²) in [6, 6.07) is 3.94. The number of carbonyl (C=O) groups is 1. The number of pyridine rings is 1. The van der Waals surface area contributed by atoms with Gasteiger partial charge in [0, 0.05) is 18.2 Å². The lowest BCUT2D eigenvalue weighted by atomic mass is 10.1. The fourth-order valence-electron chi connectivity index (χ4n) is 1.68. The Morgan fingerprint density at radius 3 is 3.12 bits per heavy atom. The second-order valence-electron chi connectivity index (χ2n) is 3.91. The van der Waals surface area contributed by atoms with Crippen LogP contribution in [0, 0.1) is 0 Å². The maximum atomic E-state index is 11.8. The summed E-state index contributed by atoms with van der Waals surface area (Å²) in [7, 11) is 0. The van der Waals surface area contributed by atoms with E-state index in [1.54, 1.807) is 17.5 Å². The zero-order valence-corrected chi connectivity index (χ0v) is 10.2. The molecule has 0 radical (unpaired) electrons. The van der Waals surface area contributed by atoms with Gasteiger partial charge < -0.3 is 0 Å². The molecule has 2 aromatic heterocycles. The standard InChI is InChI=1S/C13H15NOS/c1-2-3-4-5-12(15)10-8-13-11(14-9-10)6-7-16-13/h6-9H,2-5H2,1H3. The second-order valence-corrected chi connectivity index (χ2v) is 4.86. The van der Waals surface area contributed by atoms with Crippen LogP contribution in [0.2, 0.25) is 0 Å². The highest BCUT2D eigenvalue weighted by molar-refractivity contribution is 7.17. The van der Waals surface area contributed by atoms with E-state index in [9.17, 15) is 4.79 Å². The van der Waals surface area contributed by atoms with Gasteiger partial charge in [0.2, 0.25) is 0 Å². The molecule has 0 N–H and O–H groups in total. The lowest BCUT2D eigenvalue weighted by Crippen LogP contribution is -1.99. The number of rotatable bonds is 5. The monoisotopic (exact) mass is 233 g/mol. The zero-order valence-electron chi connectivity index (χ0n) is 9.40. The highest BCUT2D eigenvalue weighted by Gasteiger charge is 2.07. The van der Waals surface area contributed by atoms with Crippen LogP contribution in [0.15, 0.2) is 23.7 Å². The molecule has 0 aliphatic rings. The van der Waals surface area contributed by atoms with Crippen molar-refractivity contribution in [2.24, 2.45) is 0 Å². The van der Waals surface area contributed by atoms with Crippen molar-refractivity contribution < 1.29 is 4.79 Å². The van der Waals surface area contributed by atoms with E-state index >= 15 is 0 Å². The molecule has 0 atom stereocenters. The average Bonchev–Trinajstić information content (AvgIpc) is 2.76. The van der Waals surface area contributed by atoms with E-state index in [-0.39, 0.29) is 5.78 Å². The molecule has 0 amide bonds. The summed E-state index contributed by atoms with van der Waals surface area (Å²) in [4.78, 5) is 16.1. The summed E-state index contributed by atoms with van der Waals surface area (Å²) in [6.07, 6.45) is 5.60. The maximum absolute atomic E-state index is 11.8. The van der Waals surface area contributed by atoms with Crippen molar-refractivity contribution in [3.63, 3.8) is 0 Å². The molecule has 2 aromatic rings. The molecule has 0 unspecified atom stereocenters. The molecular formula is C13H15NOS. The molecule has 0 fully saturated rings. The molecule has 2 nitrogen and oxygen atoms in total. The van der Waals surface area contributed by atoms with Crippen molar-refractivity contribution in [3.8, 4) is 0 Å². The largest absolute Gasteiger partial charge is 0.294 e. The molecule has 0 bridgehead atoms. The smallest absolute Gasteiger partial charge is 0.164 e. The van der Waals surface area contributed by atoms with Gasteiger partial charge in [-0.3, -0.25) is 9.78 Å². The molecule has 84 valence electrons. The van der Waals surface area contributed by atoms with Crippen LogP contribution in [0.3, 0.4) is 0 Å². The quantitative estimate of drug-likeness (QED) is 0.576. The van der Waals surface area contributed by atoms with E-state index in [0.717, 1.165) is 35.0 Å². The average molecular weight is 233 g/mol. The van der Waals surface area contributed by atoms with Gasteiger partial charge in [-0.05, 0) is 23.9 Å². The SMILES string of the molecule is CCCCCC(=O)c1cnc2ccsc2c1. The van der Waals surface area contributed by atoms with Gasteiger partial charge in [0.25, 0.3) is 0 Å². The van der Waals surface area contributed by atoms with Gasteiger partial charge in [-0.25, -0.2) is 0 Å². The van der Waals surface area contributed by atoms with Crippen LogP contribution in [-0.4, -0.2) is 10.8 Å². The van der Waals surface area contributed by atoms with Gasteiger partial charge in [0.15, 0.2) is 5.78 Å². The van der Waals surface area contributed by atoms with E-state index in [1.807, 2.05) is 17.5 Å². The highest BCUT2D eigenvalue weighted by Crippen LogP contribution is 2.20. The number of hydrogen-bond acceptors (Lipinski definition) is 3. The van der Waals surface area contributed by atoms with Crippen LogP contribution >= 0.6 is 11.3 Å². The van der Waals surface area contributed by atoms with Gasteiger partial charge in [-0.2, -0.15) is 0 Å². The van der Waals surface area contributed by atoms with Gasteiger partial charge in [-0.15, -0.1) is 11.3 Å². The minimum atomic E-state index is 0.219. The summed E-state index contributed by atoms with van der Waals surface area (Å²) in [5.41, 5.74) is 1.74. The van der Waals surface area contributed by atoms with Crippen LogP contribution in [0.1, 0.15) is 43.0 Å². The van der Waals surface area contributed by atoms with Crippen molar-refractivity contribution >= 4 is 27.3 Å². The van der Waals surface area contributed by atoms with Crippen molar-refractivity contribution in [2.45, 2.75) is 32.6 Å². The summed E-state index contributed by atoms with van der Waals surface area (Å²) in [5, 5.41) is 2.00. The first kappa shape index (κ1) is 11.3. The molecule has 0 aromatic carbocycles. The fourth-order valence-corrected chi connectivity index (χ4v) is 2.46. The van der Waals surface area contributed by atoms with Gasteiger partial charge >= 0.3 is 0 Å². The summed E-state index contributed by atoms with van der Waals surface area (Å²) >= 11 is 1.63. The van der Waals surface area contributed by atoms with E-state index in [4.69, 9.17) is 0 Å². The number of unbranched alkanes of at least 4 members (excludes halogenated alkanes) is 2. The Balaban J connectivity index is 2.10. The molecule has 0 aliphatic carbocycles.